The van der Waals surface area contributed by atoms with Gasteiger partial charge in [0, 0.05) is 6.04 Å². The average Bonchev–Trinajstić information content (AvgIpc) is 2.85. The van der Waals surface area contributed by atoms with Crippen LogP contribution in [0.1, 0.15) is 44.2 Å². The van der Waals surface area contributed by atoms with Crippen molar-refractivity contribution in [1.82, 2.24) is 9.55 Å². The predicted octanol–water partition coefficient (Wildman–Crippen LogP) is 3.75. The van der Waals surface area contributed by atoms with Crippen molar-refractivity contribution in [3.8, 4) is 5.75 Å². The van der Waals surface area contributed by atoms with Crippen molar-refractivity contribution in [2.45, 2.75) is 39.5 Å². The highest BCUT2D eigenvalue weighted by Gasteiger charge is 2.09. The minimum absolute atomic E-state index is 0.337. The molecule has 0 radical (unpaired) electrons. The lowest BCUT2D eigenvalue weighted by Gasteiger charge is -2.14. The first kappa shape index (κ1) is 14.9. The topological polar surface area (TPSA) is 47.3 Å². The first-order valence-electron chi connectivity index (χ1n) is 6.60. The Balaban J connectivity index is 2.09. The Bertz CT molecular complexity index is 579. The molecule has 1 aromatic carbocycles. The number of aliphatic hydroxyl groups excluding tert-OH is 1. The molecule has 0 aliphatic carbocycles. The highest BCUT2D eigenvalue weighted by atomic mass is 35.5. The monoisotopic (exact) mass is 294 g/mol. The molecule has 2 rings (SSSR count). The van der Waals surface area contributed by atoms with Gasteiger partial charge in [0.05, 0.1) is 29.3 Å². The van der Waals surface area contributed by atoms with E-state index < -0.39 is 6.10 Å². The molecule has 0 saturated heterocycles. The summed E-state index contributed by atoms with van der Waals surface area (Å²) in [5.74, 6) is 0.604. The highest BCUT2D eigenvalue weighted by Crippen LogP contribution is 2.28. The van der Waals surface area contributed by atoms with Crippen LogP contribution in [0.15, 0.2) is 30.7 Å². The van der Waals surface area contributed by atoms with Crippen LogP contribution in [0.3, 0.4) is 0 Å². The molecule has 0 saturated carbocycles. The fourth-order valence-electron chi connectivity index (χ4n) is 1.95. The number of imidazole rings is 1. The smallest absolute Gasteiger partial charge is 0.138 e. The van der Waals surface area contributed by atoms with Gasteiger partial charge in [-0.05, 0) is 38.5 Å². The Labute approximate surface area is 124 Å². The number of aromatic nitrogens is 2. The molecule has 0 unspecified atom stereocenters. The molecule has 20 heavy (non-hydrogen) atoms. The molecular weight excluding hydrogens is 276 g/mol. The second-order valence-electron chi connectivity index (χ2n) is 5.04. The number of ether oxygens (including phenoxy) is 1. The number of aliphatic hydroxyl groups is 1. The lowest BCUT2D eigenvalue weighted by molar-refractivity contribution is 0.199. The summed E-state index contributed by atoms with van der Waals surface area (Å²) in [6.07, 6.45) is 3.04. The van der Waals surface area contributed by atoms with Gasteiger partial charge in [0.15, 0.2) is 0 Å². The molecular formula is C15H19ClN2O2. The minimum atomic E-state index is -0.538. The van der Waals surface area contributed by atoms with Crippen LogP contribution in [0.4, 0.5) is 0 Å². The summed E-state index contributed by atoms with van der Waals surface area (Å²) in [4.78, 5) is 4.13. The lowest BCUT2D eigenvalue weighted by atomic mass is 10.1. The van der Waals surface area contributed by atoms with E-state index >= 15 is 0 Å². The molecule has 1 aromatic heterocycles. The number of nitrogens with zero attached hydrogens (tertiary/aromatic N) is 2. The van der Waals surface area contributed by atoms with E-state index in [1.165, 1.54) is 0 Å². The molecule has 0 bridgehead atoms. The van der Waals surface area contributed by atoms with Crippen molar-refractivity contribution in [1.29, 1.82) is 0 Å². The number of halogens is 1. The fraction of sp³-hybridized carbons (Fsp3) is 0.400. The van der Waals surface area contributed by atoms with Gasteiger partial charge in [0.25, 0.3) is 0 Å². The number of rotatable bonds is 5. The molecule has 1 heterocycles. The molecule has 0 amide bonds. The summed E-state index contributed by atoms with van der Waals surface area (Å²) in [7, 11) is 0. The van der Waals surface area contributed by atoms with E-state index in [-0.39, 0.29) is 0 Å². The molecule has 5 heteroatoms. The maximum absolute atomic E-state index is 9.51. The van der Waals surface area contributed by atoms with Crippen LogP contribution in [0.25, 0.3) is 0 Å². The van der Waals surface area contributed by atoms with E-state index in [4.69, 9.17) is 16.3 Å². The SMILES string of the molecule is CC(C)n1cncc1COc1ccc([C@@H](C)O)cc1Cl. The summed E-state index contributed by atoms with van der Waals surface area (Å²) in [5, 5.41) is 10.0. The van der Waals surface area contributed by atoms with Crippen LogP contribution in [0.5, 0.6) is 5.75 Å². The Hall–Kier alpha value is -1.52. The van der Waals surface area contributed by atoms with Crippen LogP contribution < -0.4 is 4.74 Å². The van der Waals surface area contributed by atoms with Crippen LogP contribution >= 0.6 is 11.6 Å². The van der Waals surface area contributed by atoms with E-state index in [1.807, 2.05) is 6.07 Å². The maximum Gasteiger partial charge on any atom is 0.138 e. The zero-order valence-corrected chi connectivity index (χ0v) is 12.6. The largest absolute Gasteiger partial charge is 0.486 e. The van der Waals surface area contributed by atoms with Gasteiger partial charge in [0.2, 0.25) is 0 Å². The Morgan fingerprint density at radius 2 is 2.10 bits per heavy atom. The van der Waals surface area contributed by atoms with E-state index in [0.717, 1.165) is 11.3 Å². The van der Waals surface area contributed by atoms with Gasteiger partial charge in [-0.3, -0.25) is 0 Å². The van der Waals surface area contributed by atoms with Crippen molar-refractivity contribution >= 4 is 11.6 Å². The summed E-state index contributed by atoms with van der Waals surface area (Å²) >= 11 is 6.16. The molecule has 0 fully saturated rings. The molecule has 0 aliphatic rings. The van der Waals surface area contributed by atoms with Gasteiger partial charge < -0.3 is 14.4 Å². The third kappa shape index (κ3) is 3.32. The van der Waals surface area contributed by atoms with Crippen molar-refractivity contribution in [2.24, 2.45) is 0 Å². The van der Waals surface area contributed by atoms with Crippen LogP contribution in [-0.4, -0.2) is 14.7 Å². The van der Waals surface area contributed by atoms with Crippen LogP contribution in [0.2, 0.25) is 5.02 Å². The number of hydrogen-bond donors (Lipinski definition) is 1. The van der Waals surface area contributed by atoms with Gasteiger partial charge >= 0.3 is 0 Å². The normalized spacial score (nSPS) is 12.7. The first-order chi connectivity index (χ1) is 9.49. The molecule has 4 nitrogen and oxygen atoms in total. The summed E-state index contributed by atoms with van der Waals surface area (Å²) < 4.78 is 7.79. The number of hydrogen-bond acceptors (Lipinski definition) is 3. The van der Waals surface area contributed by atoms with Crippen LogP contribution in [-0.2, 0) is 6.61 Å². The Morgan fingerprint density at radius 3 is 2.70 bits per heavy atom. The average molecular weight is 295 g/mol. The van der Waals surface area contributed by atoms with E-state index in [0.29, 0.717) is 23.4 Å². The zero-order valence-electron chi connectivity index (χ0n) is 11.9. The summed E-state index contributed by atoms with van der Waals surface area (Å²) in [6, 6.07) is 5.65. The van der Waals surface area contributed by atoms with Crippen LogP contribution in [0, 0.1) is 0 Å². The molecule has 2 aromatic rings. The summed E-state index contributed by atoms with van der Waals surface area (Å²) in [6.45, 7) is 6.30. The molecule has 0 aliphatic heterocycles. The zero-order chi connectivity index (χ0) is 14.7. The second kappa shape index (κ2) is 6.29. The summed E-state index contributed by atoms with van der Waals surface area (Å²) in [5.41, 5.74) is 1.77. The van der Waals surface area contributed by atoms with Gasteiger partial charge in [0.1, 0.15) is 12.4 Å². The van der Waals surface area contributed by atoms with Gasteiger partial charge in [-0.2, -0.15) is 0 Å². The van der Waals surface area contributed by atoms with E-state index in [2.05, 4.69) is 23.4 Å². The van der Waals surface area contributed by atoms with Gasteiger partial charge in [-0.15, -0.1) is 0 Å². The molecule has 1 atom stereocenters. The Morgan fingerprint density at radius 1 is 1.35 bits per heavy atom. The highest BCUT2D eigenvalue weighted by molar-refractivity contribution is 6.32. The fourth-order valence-corrected chi connectivity index (χ4v) is 2.20. The Kier molecular flexibility index (Phi) is 4.68. The third-order valence-electron chi connectivity index (χ3n) is 3.12. The van der Waals surface area contributed by atoms with Gasteiger partial charge in [-0.25, -0.2) is 4.98 Å². The molecule has 108 valence electrons. The van der Waals surface area contributed by atoms with Crippen molar-refractivity contribution in [2.75, 3.05) is 0 Å². The van der Waals surface area contributed by atoms with E-state index in [9.17, 15) is 5.11 Å². The minimum Gasteiger partial charge on any atom is -0.486 e. The van der Waals surface area contributed by atoms with E-state index in [1.54, 1.807) is 31.6 Å². The van der Waals surface area contributed by atoms with Gasteiger partial charge in [-0.1, -0.05) is 17.7 Å². The quantitative estimate of drug-likeness (QED) is 0.913. The standard InChI is InChI=1S/C15H19ClN2O2/c1-10(2)18-9-17-7-13(18)8-20-15-5-4-12(11(3)19)6-14(15)16/h4-7,9-11,19H,8H2,1-3H3/t11-/m1/s1. The third-order valence-corrected chi connectivity index (χ3v) is 3.41. The molecule has 0 spiro atoms. The maximum atomic E-state index is 9.51. The molecule has 1 N–H and O–H groups in total. The van der Waals surface area contributed by atoms with Crippen molar-refractivity contribution < 1.29 is 9.84 Å². The lowest BCUT2D eigenvalue weighted by Crippen LogP contribution is -2.07. The van der Waals surface area contributed by atoms with Crippen molar-refractivity contribution in [3.05, 3.63) is 47.0 Å². The first-order valence-corrected chi connectivity index (χ1v) is 6.98. The number of benzene rings is 1. The van der Waals surface area contributed by atoms with Crippen molar-refractivity contribution in [3.63, 3.8) is 0 Å². The second-order valence-corrected chi connectivity index (χ2v) is 5.45. The predicted molar refractivity (Wildman–Crippen MR) is 79.0 cm³/mol.